The van der Waals surface area contributed by atoms with Crippen LogP contribution in [0.5, 0.6) is 0 Å². The summed E-state index contributed by atoms with van der Waals surface area (Å²) in [6, 6.07) is 18.5. The molecule has 3 rings (SSSR count). The van der Waals surface area contributed by atoms with Crippen LogP contribution in [0.15, 0.2) is 54.6 Å². The molecule has 3 heteroatoms. The fourth-order valence-electron chi connectivity index (χ4n) is 3.80. The Morgan fingerprint density at radius 3 is 2.16 bits per heavy atom. The van der Waals surface area contributed by atoms with Gasteiger partial charge in [0, 0.05) is 0 Å². The summed E-state index contributed by atoms with van der Waals surface area (Å²) >= 11 is 0. The summed E-state index contributed by atoms with van der Waals surface area (Å²) in [6.45, 7) is 5.20. The Morgan fingerprint density at radius 2 is 1.56 bits per heavy atom. The van der Waals surface area contributed by atoms with E-state index < -0.39 is 12.0 Å². The van der Waals surface area contributed by atoms with Gasteiger partial charge in [-0.2, -0.15) is 0 Å². The number of carbonyl (C=O) groups is 1. The second-order valence-electron chi connectivity index (χ2n) is 7.22. The summed E-state index contributed by atoms with van der Waals surface area (Å²) in [6.07, 6.45) is 2.77. The van der Waals surface area contributed by atoms with E-state index in [0.717, 1.165) is 31.4 Å². The zero-order chi connectivity index (χ0) is 17.8. The summed E-state index contributed by atoms with van der Waals surface area (Å²) < 4.78 is 0. The van der Waals surface area contributed by atoms with Crippen LogP contribution < -0.4 is 0 Å². The molecule has 0 saturated carbocycles. The fourth-order valence-corrected chi connectivity index (χ4v) is 3.80. The van der Waals surface area contributed by atoms with Crippen molar-refractivity contribution in [2.24, 2.45) is 0 Å². The third-order valence-electron chi connectivity index (χ3n) is 5.20. The highest BCUT2D eigenvalue weighted by molar-refractivity contribution is 5.73. The van der Waals surface area contributed by atoms with E-state index in [-0.39, 0.29) is 6.04 Å². The predicted molar refractivity (Wildman–Crippen MR) is 101 cm³/mol. The summed E-state index contributed by atoms with van der Waals surface area (Å²) in [7, 11) is 0. The molecule has 2 unspecified atom stereocenters. The van der Waals surface area contributed by atoms with Gasteiger partial charge in [-0.1, -0.05) is 74.9 Å². The number of carboxylic acids is 1. The topological polar surface area (TPSA) is 40.5 Å². The molecule has 0 amide bonds. The van der Waals surface area contributed by atoms with Crippen LogP contribution in [0.25, 0.3) is 0 Å². The number of nitrogens with zero attached hydrogens (tertiary/aromatic N) is 1. The van der Waals surface area contributed by atoms with Crippen LogP contribution in [0.4, 0.5) is 0 Å². The normalized spacial score (nSPS) is 19.7. The molecule has 1 N–H and O–H groups in total. The van der Waals surface area contributed by atoms with Crippen molar-refractivity contribution < 1.29 is 9.90 Å². The number of hydrogen-bond acceptors (Lipinski definition) is 2. The molecule has 2 aromatic carbocycles. The maximum atomic E-state index is 11.8. The maximum Gasteiger partial charge on any atom is 0.320 e. The second-order valence-corrected chi connectivity index (χ2v) is 7.22. The van der Waals surface area contributed by atoms with Crippen molar-refractivity contribution in [2.45, 2.75) is 51.1 Å². The Labute approximate surface area is 150 Å². The first kappa shape index (κ1) is 17.7. The first-order valence-corrected chi connectivity index (χ1v) is 9.21. The monoisotopic (exact) mass is 337 g/mol. The van der Waals surface area contributed by atoms with Crippen molar-refractivity contribution in [1.29, 1.82) is 0 Å². The zero-order valence-corrected chi connectivity index (χ0v) is 15.1. The molecule has 2 aromatic rings. The van der Waals surface area contributed by atoms with Crippen molar-refractivity contribution >= 4 is 5.97 Å². The molecule has 1 heterocycles. The number of hydrogen-bond donors (Lipinski definition) is 1. The van der Waals surface area contributed by atoms with Gasteiger partial charge in [0.05, 0.1) is 6.04 Å². The lowest BCUT2D eigenvalue weighted by molar-refractivity contribution is -0.145. The van der Waals surface area contributed by atoms with Crippen LogP contribution in [0.2, 0.25) is 0 Å². The fraction of sp³-hybridized carbons (Fsp3) is 0.409. The van der Waals surface area contributed by atoms with Gasteiger partial charge in [-0.25, -0.2) is 0 Å². The highest BCUT2D eigenvalue weighted by Gasteiger charge is 2.34. The summed E-state index contributed by atoms with van der Waals surface area (Å²) in [5.41, 5.74) is 3.64. The van der Waals surface area contributed by atoms with E-state index in [1.807, 2.05) is 18.2 Å². The van der Waals surface area contributed by atoms with E-state index in [4.69, 9.17) is 0 Å². The van der Waals surface area contributed by atoms with Gasteiger partial charge in [0.25, 0.3) is 0 Å². The molecule has 0 aliphatic carbocycles. The highest BCUT2D eigenvalue weighted by atomic mass is 16.4. The van der Waals surface area contributed by atoms with Crippen LogP contribution in [0.1, 0.15) is 61.8 Å². The van der Waals surface area contributed by atoms with Crippen molar-refractivity contribution in [3.63, 3.8) is 0 Å². The molecule has 1 fully saturated rings. The number of rotatable bonds is 5. The van der Waals surface area contributed by atoms with Crippen LogP contribution in [-0.4, -0.2) is 28.6 Å². The van der Waals surface area contributed by atoms with Crippen LogP contribution in [0.3, 0.4) is 0 Å². The van der Waals surface area contributed by atoms with Gasteiger partial charge in [0.15, 0.2) is 0 Å². The van der Waals surface area contributed by atoms with Crippen LogP contribution in [0, 0.1) is 0 Å². The lowest BCUT2D eigenvalue weighted by Crippen LogP contribution is -2.46. The van der Waals surface area contributed by atoms with E-state index in [9.17, 15) is 9.90 Å². The van der Waals surface area contributed by atoms with Crippen molar-refractivity contribution in [3.8, 4) is 0 Å². The molecule has 0 spiro atoms. The van der Waals surface area contributed by atoms with Gasteiger partial charge in [-0.05, 0) is 42.0 Å². The summed E-state index contributed by atoms with van der Waals surface area (Å²) in [5.74, 6) is -0.217. The Morgan fingerprint density at radius 1 is 0.960 bits per heavy atom. The molecule has 132 valence electrons. The van der Waals surface area contributed by atoms with Crippen LogP contribution >= 0.6 is 0 Å². The first-order valence-electron chi connectivity index (χ1n) is 9.21. The maximum absolute atomic E-state index is 11.8. The number of aliphatic carboxylic acids is 1. The smallest absolute Gasteiger partial charge is 0.320 e. The average molecular weight is 337 g/mol. The molecular formula is C22H27NO2. The lowest BCUT2D eigenvalue weighted by Gasteiger charge is -2.39. The largest absolute Gasteiger partial charge is 0.480 e. The first-order chi connectivity index (χ1) is 12.1. The lowest BCUT2D eigenvalue weighted by atomic mass is 9.90. The quantitative estimate of drug-likeness (QED) is 0.849. The van der Waals surface area contributed by atoms with Gasteiger partial charge in [0.2, 0.25) is 0 Å². The molecule has 0 radical (unpaired) electrons. The Balaban J connectivity index is 2.02. The average Bonchev–Trinajstić information content (AvgIpc) is 2.63. The standard InChI is InChI=1S/C22H27NO2/c1-16(2)17-11-13-19(14-12-17)21(18-8-4-3-5-9-18)23-15-7-6-10-20(23)22(24)25/h3-5,8-9,11-14,16,20-21H,6-7,10,15H2,1-2H3,(H,24,25). The van der Waals surface area contributed by atoms with E-state index >= 15 is 0 Å². The zero-order valence-electron chi connectivity index (χ0n) is 15.1. The molecule has 1 aliphatic rings. The Bertz CT molecular complexity index is 694. The third-order valence-corrected chi connectivity index (χ3v) is 5.20. The number of piperidine rings is 1. The van der Waals surface area contributed by atoms with Crippen molar-refractivity contribution in [2.75, 3.05) is 6.54 Å². The van der Waals surface area contributed by atoms with Crippen molar-refractivity contribution in [3.05, 3.63) is 71.3 Å². The molecular weight excluding hydrogens is 310 g/mol. The van der Waals surface area contributed by atoms with Gasteiger partial charge < -0.3 is 5.11 Å². The van der Waals surface area contributed by atoms with Gasteiger partial charge in [-0.15, -0.1) is 0 Å². The minimum absolute atomic E-state index is 0.0104. The Hall–Kier alpha value is -2.13. The van der Waals surface area contributed by atoms with Gasteiger partial charge >= 0.3 is 5.97 Å². The Kier molecular flexibility index (Phi) is 5.54. The van der Waals surface area contributed by atoms with E-state index in [1.54, 1.807) is 0 Å². The SMILES string of the molecule is CC(C)c1ccc(C(c2ccccc2)N2CCCCC2C(=O)O)cc1. The van der Waals surface area contributed by atoms with Crippen LogP contribution in [-0.2, 0) is 4.79 Å². The minimum atomic E-state index is -0.709. The third kappa shape index (κ3) is 3.93. The van der Waals surface area contributed by atoms with Gasteiger partial charge in [-0.3, -0.25) is 9.69 Å². The van der Waals surface area contributed by atoms with E-state index in [1.165, 1.54) is 11.1 Å². The van der Waals surface area contributed by atoms with E-state index in [2.05, 4.69) is 55.1 Å². The summed E-state index contributed by atoms with van der Waals surface area (Å²) in [5, 5.41) is 9.73. The van der Waals surface area contributed by atoms with E-state index in [0.29, 0.717) is 5.92 Å². The second kappa shape index (κ2) is 7.83. The van der Waals surface area contributed by atoms with Gasteiger partial charge in [0.1, 0.15) is 6.04 Å². The number of likely N-dealkylation sites (tertiary alicyclic amines) is 1. The predicted octanol–water partition coefficient (Wildman–Crippen LogP) is 4.84. The molecule has 1 saturated heterocycles. The molecule has 3 nitrogen and oxygen atoms in total. The molecule has 0 aromatic heterocycles. The number of benzene rings is 2. The molecule has 2 atom stereocenters. The molecule has 1 aliphatic heterocycles. The molecule has 25 heavy (non-hydrogen) atoms. The number of carboxylic acid groups (broad SMARTS) is 1. The van der Waals surface area contributed by atoms with Crippen molar-refractivity contribution in [1.82, 2.24) is 4.90 Å². The minimum Gasteiger partial charge on any atom is -0.480 e. The highest BCUT2D eigenvalue weighted by Crippen LogP contribution is 2.34. The summed E-state index contributed by atoms with van der Waals surface area (Å²) in [4.78, 5) is 14.0. The molecule has 0 bridgehead atoms.